The molecule has 31 heavy (non-hydrogen) atoms. The Morgan fingerprint density at radius 2 is 1.48 bits per heavy atom. The quantitative estimate of drug-likeness (QED) is 0.353. The van der Waals surface area contributed by atoms with E-state index >= 15 is 0 Å². The van der Waals surface area contributed by atoms with E-state index in [9.17, 15) is 31.9 Å². The number of aromatic nitrogens is 1. The number of halogens is 4. The van der Waals surface area contributed by atoms with Gasteiger partial charge in [0.25, 0.3) is 11.5 Å². The summed E-state index contributed by atoms with van der Waals surface area (Å²) < 4.78 is 51.8. The third-order valence-corrected chi connectivity index (χ3v) is 4.26. The fourth-order valence-electron chi connectivity index (χ4n) is 2.61. The summed E-state index contributed by atoms with van der Waals surface area (Å²) in [6.45, 7) is -0.462. The number of hydrogen-bond acceptors (Lipinski definition) is 4. The number of amides is 1. The van der Waals surface area contributed by atoms with Crippen LogP contribution in [0.15, 0.2) is 71.7 Å². The second kappa shape index (κ2) is 8.82. The van der Waals surface area contributed by atoms with Gasteiger partial charge < -0.3 is 4.57 Å². The molecule has 1 amide bonds. The standard InChI is InChI=1S/C21H15F4N3O3/c22-16-6-8-17(9-7-16)26-27-20(31)14-3-10-19(30)28(11-14)12-18(29)13-1-4-15(5-2-13)21(23,24)25/h1-11,26H,12H2,(H,27,31). The predicted molar refractivity (Wildman–Crippen MR) is 104 cm³/mol. The molecule has 10 heteroatoms. The summed E-state index contributed by atoms with van der Waals surface area (Å²) in [5.41, 5.74) is 3.94. The van der Waals surface area contributed by atoms with Gasteiger partial charge in [-0.15, -0.1) is 0 Å². The maximum absolute atomic E-state index is 12.9. The monoisotopic (exact) mass is 433 g/mol. The second-order valence-corrected chi connectivity index (χ2v) is 6.47. The molecule has 1 aromatic heterocycles. The summed E-state index contributed by atoms with van der Waals surface area (Å²) in [4.78, 5) is 36.7. The van der Waals surface area contributed by atoms with Gasteiger partial charge in [-0.05, 0) is 42.5 Å². The first kappa shape index (κ1) is 21.8. The van der Waals surface area contributed by atoms with Crippen molar-refractivity contribution >= 4 is 17.4 Å². The van der Waals surface area contributed by atoms with Crippen molar-refractivity contribution in [2.45, 2.75) is 12.7 Å². The fraction of sp³-hybridized carbons (Fsp3) is 0.0952. The lowest BCUT2D eigenvalue weighted by atomic mass is 10.1. The van der Waals surface area contributed by atoms with E-state index in [1.54, 1.807) is 0 Å². The first-order valence-corrected chi connectivity index (χ1v) is 8.86. The van der Waals surface area contributed by atoms with Crippen molar-refractivity contribution in [3.05, 3.63) is 99.7 Å². The fourth-order valence-corrected chi connectivity index (χ4v) is 2.61. The lowest BCUT2D eigenvalue weighted by Gasteiger charge is -2.11. The van der Waals surface area contributed by atoms with E-state index in [4.69, 9.17) is 0 Å². The Labute approximate surface area is 173 Å². The number of carbonyl (C=O) groups is 2. The Kier molecular flexibility index (Phi) is 6.19. The summed E-state index contributed by atoms with van der Waals surface area (Å²) in [5, 5.41) is 0. The van der Waals surface area contributed by atoms with Crippen LogP contribution in [0.5, 0.6) is 0 Å². The van der Waals surface area contributed by atoms with Gasteiger partial charge in [-0.25, -0.2) is 4.39 Å². The highest BCUT2D eigenvalue weighted by Gasteiger charge is 2.30. The molecular weight excluding hydrogens is 418 g/mol. The van der Waals surface area contributed by atoms with Gasteiger partial charge in [0.05, 0.1) is 23.4 Å². The third-order valence-electron chi connectivity index (χ3n) is 4.26. The zero-order valence-corrected chi connectivity index (χ0v) is 15.7. The minimum Gasteiger partial charge on any atom is -0.307 e. The third kappa shape index (κ3) is 5.56. The van der Waals surface area contributed by atoms with Crippen LogP contribution >= 0.6 is 0 Å². The topological polar surface area (TPSA) is 80.2 Å². The number of ketones is 1. The molecule has 0 saturated heterocycles. The van der Waals surface area contributed by atoms with E-state index in [2.05, 4.69) is 10.9 Å². The van der Waals surface area contributed by atoms with Gasteiger partial charge >= 0.3 is 6.18 Å². The van der Waals surface area contributed by atoms with E-state index in [0.29, 0.717) is 5.69 Å². The molecule has 0 aliphatic carbocycles. The second-order valence-electron chi connectivity index (χ2n) is 6.47. The highest BCUT2D eigenvalue weighted by molar-refractivity contribution is 5.96. The van der Waals surface area contributed by atoms with E-state index in [0.717, 1.165) is 41.1 Å². The number of anilines is 1. The van der Waals surface area contributed by atoms with Crippen LogP contribution in [0.2, 0.25) is 0 Å². The lowest BCUT2D eigenvalue weighted by molar-refractivity contribution is -0.137. The first-order valence-electron chi connectivity index (χ1n) is 8.86. The van der Waals surface area contributed by atoms with Crippen molar-refractivity contribution < 1.29 is 27.2 Å². The first-order chi connectivity index (χ1) is 14.6. The molecule has 3 rings (SSSR count). The van der Waals surface area contributed by atoms with Crippen molar-refractivity contribution in [2.24, 2.45) is 0 Å². The van der Waals surface area contributed by atoms with Crippen LogP contribution in [0.1, 0.15) is 26.3 Å². The summed E-state index contributed by atoms with van der Waals surface area (Å²) in [5.74, 6) is -1.67. The molecule has 0 bridgehead atoms. The minimum atomic E-state index is -4.53. The molecule has 6 nitrogen and oxygen atoms in total. The van der Waals surface area contributed by atoms with Crippen LogP contribution in [0, 0.1) is 5.82 Å². The molecule has 0 aliphatic heterocycles. The number of hydrazine groups is 1. The molecule has 0 atom stereocenters. The van der Waals surface area contributed by atoms with Gasteiger partial charge in [0, 0.05) is 17.8 Å². The maximum atomic E-state index is 12.9. The minimum absolute atomic E-state index is 0.00673. The number of alkyl halides is 3. The number of nitrogens with one attached hydrogen (secondary N) is 2. The molecule has 160 valence electrons. The Morgan fingerprint density at radius 1 is 0.871 bits per heavy atom. The Balaban J connectivity index is 1.70. The highest BCUT2D eigenvalue weighted by Crippen LogP contribution is 2.29. The van der Waals surface area contributed by atoms with Crippen molar-refractivity contribution in [1.82, 2.24) is 9.99 Å². The number of Topliss-reactive ketones (excluding diaryl/α,β-unsaturated/α-hetero) is 1. The molecule has 0 unspecified atom stereocenters. The smallest absolute Gasteiger partial charge is 0.307 e. The van der Waals surface area contributed by atoms with Gasteiger partial charge in [-0.3, -0.25) is 25.2 Å². The van der Waals surface area contributed by atoms with Gasteiger partial charge in [-0.2, -0.15) is 13.2 Å². The predicted octanol–water partition coefficient (Wildman–Crippen LogP) is 3.65. The number of carbonyl (C=O) groups excluding carboxylic acids is 2. The van der Waals surface area contributed by atoms with Gasteiger partial charge in [0.2, 0.25) is 0 Å². The van der Waals surface area contributed by atoms with Crippen molar-refractivity contribution in [3.8, 4) is 0 Å². The van der Waals surface area contributed by atoms with Gasteiger partial charge in [-0.1, -0.05) is 12.1 Å². The molecule has 0 aliphatic rings. The SMILES string of the molecule is O=C(Cn1cc(C(=O)NNc2ccc(F)cc2)ccc1=O)c1ccc(C(F)(F)F)cc1. The maximum Gasteiger partial charge on any atom is 0.416 e. The number of nitrogens with zero attached hydrogens (tertiary/aromatic N) is 1. The number of benzene rings is 2. The van der Waals surface area contributed by atoms with Crippen LogP contribution in [0.3, 0.4) is 0 Å². The largest absolute Gasteiger partial charge is 0.416 e. The normalized spacial score (nSPS) is 11.1. The summed E-state index contributed by atoms with van der Waals surface area (Å²) in [6.07, 6.45) is -3.37. The van der Waals surface area contributed by atoms with Crippen molar-refractivity contribution in [2.75, 3.05) is 5.43 Å². The lowest BCUT2D eigenvalue weighted by Crippen LogP contribution is -2.31. The molecule has 1 heterocycles. The molecule has 3 aromatic rings. The van der Waals surface area contributed by atoms with Crippen LogP contribution < -0.4 is 16.4 Å². The van der Waals surface area contributed by atoms with E-state index in [1.165, 1.54) is 30.3 Å². The zero-order chi connectivity index (χ0) is 22.6. The van der Waals surface area contributed by atoms with Crippen molar-refractivity contribution in [3.63, 3.8) is 0 Å². The molecule has 0 fully saturated rings. The molecular formula is C21H15F4N3O3. The highest BCUT2D eigenvalue weighted by atomic mass is 19.4. The Morgan fingerprint density at radius 3 is 2.10 bits per heavy atom. The van der Waals surface area contributed by atoms with Crippen molar-refractivity contribution in [1.29, 1.82) is 0 Å². The van der Waals surface area contributed by atoms with E-state index in [-0.39, 0.29) is 11.1 Å². The zero-order valence-electron chi connectivity index (χ0n) is 15.7. The Bertz CT molecular complexity index is 1150. The van der Waals surface area contributed by atoms with Gasteiger partial charge in [0.15, 0.2) is 5.78 Å². The number of pyridine rings is 1. The Hall–Kier alpha value is -3.95. The molecule has 0 saturated carbocycles. The summed E-state index contributed by atoms with van der Waals surface area (Å²) >= 11 is 0. The average molecular weight is 433 g/mol. The van der Waals surface area contributed by atoms with E-state index in [1.807, 2.05) is 0 Å². The summed E-state index contributed by atoms with van der Waals surface area (Å²) in [6, 6.07) is 11.2. The number of rotatable bonds is 6. The summed E-state index contributed by atoms with van der Waals surface area (Å²) in [7, 11) is 0. The average Bonchev–Trinajstić information content (AvgIpc) is 2.74. The van der Waals surface area contributed by atoms with E-state index < -0.39 is 41.4 Å². The van der Waals surface area contributed by atoms with Crippen LogP contribution in [-0.4, -0.2) is 16.3 Å². The molecule has 2 aromatic carbocycles. The number of hydrogen-bond donors (Lipinski definition) is 2. The van der Waals surface area contributed by atoms with Crippen LogP contribution in [-0.2, 0) is 12.7 Å². The molecule has 0 radical (unpaired) electrons. The van der Waals surface area contributed by atoms with Crippen LogP contribution in [0.25, 0.3) is 0 Å². The molecule has 2 N–H and O–H groups in total. The van der Waals surface area contributed by atoms with Crippen LogP contribution in [0.4, 0.5) is 23.2 Å². The molecule has 0 spiro atoms. The van der Waals surface area contributed by atoms with Gasteiger partial charge in [0.1, 0.15) is 5.82 Å².